The molecule has 0 bridgehead atoms. The number of aliphatic imine (C=N–C) groups is 1. The van der Waals surface area contributed by atoms with E-state index >= 15 is 0 Å². The van der Waals surface area contributed by atoms with Gasteiger partial charge in [0.1, 0.15) is 0 Å². The van der Waals surface area contributed by atoms with Gasteiger partial charge >= 0.3 is 0 Å². The van der Waals surface area contributed by atoms with Gasteiger partial charge in [0, 0.05) is 53.0 Å². The fourth-order valence-corrected chi connectivity index (χ4v) is 3.66. The third-order valence-electron chi connectivity index (χ3n) is 5.23. The van der Waals surface area contributed by atoms with Crippen LogP contribution in [-0.2, 0) is 11.2 Å². The average molecular weight is 502 g/mol. The van der Waals surface area contributed by atoms with E-state index < -0.39 is 0 Å². The van der Waals surface area contributed by atoms with Crippen LogP contribution in [0, 0.1) is 5.41 Å². The Morgan fingerprint density at radius 2 is 1.89 bits per heavy atom. The molecule has 160 valence electrons. The van der Waals surface area contributed by atoms with E-state index in [-0.39, 0.29) is 29.4 Å². The molecule has 0 radical (unpaired) electrons. The zero-order chi connectivity index (χ0) is 19.5. The van der Waals surface area contributed by atoms with Gasteiger partial charge in [0.2, 0.25) is 0 Å². The highest BCUT2D eigenvalue weighted by Crippen LogP contribution is 2.20. The molecule has 1 fully saturated rings. The third-order valence-corrected chi connectivity index (χ3v) is 5.23. The van der Waals surface area contributed by atoms with Gasteiger partial charge < -0.3 is 20.3 Å². The monoisotopic (exact) mass is 502 g/mol. The topological polar surface area (TPSA) is 48.9 Å². The third kappa shape index (κ3) is 9.56. The van der Waals surface area contributed by atoms with Crippen molar-refractivity contribution in [3.05, 3.63) is 35.9 Å². The molecule has 0 spiro atoms. The maximum Gasteiger partial charge on any atom is 0.191 e. The molecule has 2 N–H and O–H groups in total. The molecule has 6 heteroatoms. The molecule has 0 amide bonds. The van der Waals surface area contributed by atoms with E-state index in [9.17, 15) is 0 Å². The minimum atomic E-state index is 0. The van der Waals surface area contributed by atoms with E-state index in [4.69, 9.17) is 4.74 Å². The van der Waals surface area contributed by atoms with E-state index in [1.165, 1.54) is 18.4 Å². The van der Waals surface area contributed by atoms with Crippen LogP contribution in [0.15, 0.2) is 35.3 Å². The van der Waals surface area contributed by atoms with E-state index in [0.29, 0.717) is 6.04 Å². The molecule has 1 aliphatic heterocycles. The van der Waals surface area contributed by atoms with Gasteiger partial charge in [0.25, 0.3) is 0 Å². The average Bonchev–Trinajstić information content (AvgIpc) is 2.67. The number of halogens is 1. The molecule has 2 rings (SSSR count). The van der Waals surface area contributed by atoms with Crippen molar-refractivity contribution < 1.29 is 4.74 Å². The Balaban J connectivity index is 0.00000392. The van der Waals surface area contributed by atoms with E-state index in [0.717, 1.165) is 51.6 Å². The summed E-state index contributed by atoms with van der Waals surface area (Å²) in [7, 11) is 3.63. The molecule has 5 nitrogen and oxygen atoms in total. The van der Waals surface area contributed by atoms with Gasteiger partial charge in [-0.2, -0.15) is 0 Å². The summed E-state index contributed by atoms with van der Waals surface area (Å²) in [6, 6.07) is 11.2. The summed E-state index contributed by atoms with van der Waals surface area (Å²) in [6.45, 7) is 9.81. The number of methoxy groups -OCH3 is 1. The molecule has 1 heterocycles. The summed E-state index contributed by atoms with van der Waals surface area (Å²) in [5.74, 6) is 0.925. The molecular formula is C22H39IN4O. The van der Waals surface area contributed by atoms with Crippen molar-refractivity contribution in [2.75, 3.05) is 46.9 Å². The standard InChI is InChI=1S/C22H38N4O.HI/c1-22(2,17-19-9-6-5-7-10-19)18-24-21(23-3)25-20-11-14-26(15-12-20)13-8-16-27-4;/h5-7,9-10,20H,8,11-18H2,1-4H3,(H2,23,24,25);1H. The maximum absolute atomic E-state index is 5.15. The van der Waals surface area contributed by atoms with Crippen molar-refractivity contribution in [1.29, 1.82) is 0 Å². The molecule has 1 aromatic rings. The van der Waals surface area contributed by atoms with Crippen LogP contribution in [0.1, 0.15) is 38.7 Å². The van der Waals surface area contributed by atoms with Crippen LogP contribution in [0.3, 0.4) is 0 Å². The van der Waals surface area contributed by atoms with Crippen molar-refractivity contribution in [3.8, 4) is 0 Å². The van der Waals surface area contributed by atoms with Crippen molar-refractivity contribution >= 4 is 29.9 Å². The number of piperidine rings is 1. The first kappa shape index (κ1) is 25.2. The van der Waals surface area contributed by atoms with Gasteiger partial charge in [-0.1, -0.05) is 44.2 Å². The predicted octanol–water partition coefficient (Wildman–Crippen LogP) is 3.54. The Kier molecular flexibility index (Phi) is 12.0. The zero-order valence-electron chi connectivity index (χ0n) is 18.0. The number of nitrogens with zero attached hydrogens (tertiary/aromatic N) is 2. The second-order valence-electron chi connectivity index (χ2n) is 8.36. The lowest BCUT2D eigenvalue weighted by molar-refractivity contribution is 0.155. The molecule has 28 heavy (non-hydrogen) atoms. The lowest BCUT2D eigenvalue weighted by Crippen LogP contribution is -2.50. The molecule has 0 aliphatic carbocycles. The number of rotatable bonds is 9. The van der Waals surface area contributed by atoms with Crippen molar-refractivity contribution in [2.24, 2.45) is 10.4 Å². The van der Waals surface area contributed by atoms with Gasteiger partial charge in [-0.25, -0.2) is 0 Å². The summed E-state index contributed by atoms with van der Waals surface area (Å²) in [6.07, 6.45) is 4.51. The van der Waals surface area contributed by atoms with Gasteiger partial charge in [-0.15, -0.1) is 24.0 Å². The summed E-state index contributed by atoms with van der Waals surface area (Å²) < 4.78 is 5.15. The van der Waals surface area contributed by atoms with Gasteiger partial charge in [0.05, 0.1) is 0 Å². The number of likely N-dealkylation sites (tertiary alicyclic amines) is 1. The van der Waals surface area contributed by atoms with Crippen LogP contribution in [0.25, 0.3) is 0 Å². The Hall–Kier alpha value is -0.860. The first-order valence-electron chi connectivity index (χ1n) is 10.2. The van der Waals surface area contributed by atoms with E-state index in [1.807, 2.05) is 7.05 Å². The Morgan fingerprint density at radius 1 is 1.21 bits per heavy atom. The molecule has 0 atom stereocenters. The Bertz CT molecular complexity index is 557. The second-order valence-corrected chi connectivity index (χ2v) is 8.36. The van der Waals surface area contributed by atoms with Gasteiger partial charge in [-0.3, -0.25) is 4.99 Å². The number of guanidine groups is 1. The lowest BCUT2D eigenvalue weighted by atomic mass is 9.86. The zero-order valence-corrected chi connectivity index (χ0v) is 20.4. The summed E-state index contributed by atoms with van der Waals surface area (Å²) >= 11 is 0. The summed E-state index contributed by atoms with van der Waals surface area (Å²) in [5.41, 5.74) is 1.55. The number of benzene rings is 1. The highest BCUT2D eigenvalue weighted by atomic mass is 127. The van der Waals surface area contributed by atoms with Crippen LogP contribution < -0.4 is 10.6 Å². The Morgan fingerprint density at radius 3 is 2.50 bits per heavy atom. The predicted molar refractivity (Wildman–Crippen MR) is 130 cm³/mol. The van der Waals surface area contributed by atoms with Gasteiger partial charge in [-0.05, 0) is 36.7 Å². The highest BCUT2D eigenvalue weighted by molar-refractivity contribution is 14.0. The number of hydrogen-bond donors (Lipinski definition) is 2. The largest absolute Gasteiger partial charge is 0.385 e. The number of nitrogens with one attached hydrogen (secondary N) is 2. The van der Waals surface area contributed by atoms with E-state index in [1.54, 1.807) is 7.11 Å². The van der Waals surface area contributed by atoms with Gasteiger partial charge in [0.15, 0.2) is 5.96 Å². The minimum Gasteiger partial charge on any atom is -0.385 e. The minimum absolute atomic E-state index is 0. The normalized spacial score (nSPS) is 16.5. The van der Waals surface area contributed by atoms with Crippen molar-refractivity contribution in [2.45, 2.75) is 45.6 Å². The van der Waals surface area contributed by atoms with E-state index in [2.05, 4.69) is 64.7 Å². The quantitative estimate of drug-likeness (QED) is 0.235. The smallest absolute Gasteiger partial charge is 0.191 e. The van der Waals surface area contributed by atoms with Crippen molar-refractivity contribution in [3.63, 3.8) is 0 Å². The van der Waals surface area contributed by atoms with Crippen LogP contribution in [0.5, 0.6) is 0 Å². The SMILES string of the molecule is CN=C(NCC(C)(C)Cc1ccccc1)NC1CCN(CCCOC)CC1.I. The molecular weight excluding hydrogens is 463 g/mol. The molecule has 0 unspecified atom stereocenters. The molecule has 1 aliphatic rings. The summed E-state index contributed by atoms with van der Waals surface area (Å²) in [4.78, 5) is 6.97. The van der Waals surface area contributed by atoms with Crippen LogP contribution >= 0.6 is 24.0 Å². The fourth-order valence-electron chi connectivity index (χ4n) is 3.66. The van der Waals surface area contributed by atoms with Crippen LogP contribution in [0.2, 0.25) is 0 Å². The Labute approximate surface area is 188 Å². The maximum atomic E-state index is 5.15. The number of ether oxygens (including phenoxy) is 1. The highest BCUT2D eigenvalue weighted by Gasteiger charge is 2.22. The second kappa shape index (κ2) is 13.4. The molecule has 0 saturated carbocycles. The molecule has 1 saturated heterocycles. The fraction of sp³-hybridized carbons (Fsp3) is 0.682. The summed E-state index contributed by atoms with van der Waals surface area (Å²) in [5, 5.41) is 7.16. The first-order valence-corrected chi connectivity index (χ1v) is 10.2. The van der Waals surface area contributed by atoms with Crippen LogP contribution in [-0.4, -0.2) is 63.8 Å². The number of hydrogen-bond acceptors (Lipinski definition) is 3. The lowest BCUT2D eigenvalue weighted by Gasteiger charge is -2.33. The van der Waals surface area contributed by atoms with Crippen molar-refractivity contribution in [1.82, 2.24) is 15.5 Å². The van der Waals surface area contributed by atoms with Crippen LogP contribution in [0.4, 0.5) is 0 Å². The first-order chi connectivity index (χ1) is 13.0. The molecule has 0 aromatic heterocycles. The molecule has 1 aromatic carbocycles.